The van der Waals surface area contributed by atoms with Crippen LogP contribution in [-0.2, 0) is 9.59 Å². The molecule has 2 amide bonds. The van der Waals surface area contributed by atoms with Crippen LogP contribution in [0.4, 0.5) is 11.4 Å². The van der Waals surface area contributed by atoms with Crippen molar-refractivity contribution < 1.29 is 23.6 Å². The highest BCUT2D eigenvalue weighted by atomic mass is 16.5. The van der Waals surface area contributed by atoms with Crippen LogP contribution in [0.3, 0.4) is 0 Å². The predicted octanol–water partition coefficient (Wildman–Crippen LogP) is 3.05. The molecule has 0 aliphatic carbocycles. The molecule has 9 nitrogen and oxygen atoms in total. The first-order valence-corrected chi connectivity index (χ1v) is 9.72. The Hall–Kier alpha value is -3.88. The van der Waals surface area contributed by atoms with Crippen LogP contribution in [-0.4, -0.2) is 42.7 Å². The van der Waals surface area contributed by atoms with Gasteiger partial charge in [-0.05, 0) is 24.3 Å². The van der Waals surface area contributed by atoms with Crippen LogP contribution in [0.2, 0.25) is 0 Å². The number of amides is 2. The third-order valence-electron chi connectivity index (χ3n) is 5.11. The summed E-state index contributed by atoms with van der Waals surface area (Å²) in [5, 5.41) is 6.77. The summed E-state index contributed by atoms with van der Waals surface area (Å²) in [7, 11) is 3.07. The second-order valence-electron chi connectivity index (χ2n) is 7.15. The van der Waals surface area contributed by atoms with Crippen molar-refractivity contribution in [2.45, 2.75) is 13.3 Å². The molecule has 0 bridgehead atoms. The molecule has 1 saturated heterocycles. The lowest BCUT2D eigenvalue weighted by Gasteiger charge is -2.18. The Morgan fingerprint density at radius 2 is 2.03 bits per heavy atom. The number of anilines is 2. The molecule has 1 N–H and O–H groups in total. The van der Waals surface area contributed by atoms with Crippen LogP contribution in [0, 0.1) is 12.8 Å². The van der Waals surface area contributed by atoms with Crippen LogP contribution in [0.25, 0.3) is 11.4 Å². The summed E-state index contributed by atoms with van der Waals surface area (Å²) in [5.74, 6) is 1.16. The number of carbonyl (C=O) groups is 2. The van der Waals surface area contributed by atoms with E-state index in [-0.39, 0.29) is 24.8 Å². The lowest BCUT2D eigenvalue weighted by atomic mass is 10.1. The van der Waals surface area contributed by atoms with Crippen LogP contribution in [0.5, 0.6) is 11.5 Å². The minimum absolute atomic E-state index is 0.121. The molecule has 31 heavy (non-hydrogen) atoms. The maximum Gasteiger partial charge on any atom is 0.229 e. The summed E-state index contributed by atoms with van der Waals surface area (Å²) in [5.41, 5.74) is 1.94. The number of hydrogen-bond acceptors (Lipinski definition) is 7. The average Bonchev–Trinajstić information content (AvgIpc) is 3.40. The Bertz CT molecular complexity index is 1130. The summed E-state index contributed by atoms with van der Waals surface area (Å²) >= 11 is 0. The van der Waals surface area contributed by atoms with Crippen molar-refractivity contribution in [1.29, 1.82) is 0 Å². The number of aryl methyl sites for hydroxylation is 1. The van der Waals surface area contributed by atoms with E-state index in [4.69, 9.17) is 14.0 Å². The predicted molar refractivity (Wildman–Crippen MR) is 113 cm³/mol. The number of hydrogen-bond donors (Lipinski definition) is 1. The molecule has 1 aromatic heterocycles. The molecule has 2 heterocycles. The van der Waals surface area contributed by atoms with Crippen LogP contribution in [0.15, 0.2) is 47.0 Å². The van der Waals surface area contributed by atoms with Crippen molar-refractivity contribution in [2.24, 2.45) is 5.92 Å². The van der Waals surface area contributed by atoms with Gasteiger partial charge in [0.25, 0.3) is 0 Å². The first kappa shape index (κ1) is 20.4. The largest absolute Gasteiger partial charge is 0.497 e. The van der Waals surface area contributed by atoms with Crippen LogP contribution < -0.4 is 19.7 Å². The second kappa shape index (κ2) is 8.47. The molecule has 1 fully saturated rings. The Kier molecular flexibility index (Phi) is 5.57. The van der Waals surface area contributed by atoms with Crippen molar-refractivity contribution in [3.8, 4) is 22.9 Å². The first-order chi connectivity index (χ1) is 15.0. The van der Waals surface area contributed by atoms with E-state index in [0.717, 1.165) is 5.56 Å². The van der Waals surface area contributed by atoms with E-state index in [1.165, 1.54) is 7.11 Å². The highest BCUT2D eigenvalue weighted by Crippen LogP contribution is 2.32. The first-order valence-electron chi connectivity index (χ1n) is 9.72. The van der Waals surface area contributed by atoms with Gasteiger partial charge in [0.2, 0.25) is 23.5 Å². The fraction of sp³-hybridized carbons (Fsp3) is 0.273. The van der Waals surface area contributed by atoms with E-state index >= 15 is 0 Å². The molecule has 4 rings (SSSR count). The summed E-state index contributed by atoms with van der Waals surface area (Å²) < 4.78 is 15.5. The zero-order chi connectivity index (χ0) is 22.0. The van der Waals surface area contributed by atoms with Gasteiger partial charge in [-0.1, -0.05) is 17.3 Å². The van der Waals surface area contributed by atoms with Crippen LogP contribution >= 0.6 is 0 Å². The van der Waals surface area contributed by atoms with Gasteiger partial charge in [-0.3, -0.25) is 9.59 Å². The second-order valence-corrected chi connectivity index (χ2v) is 7.15. The van der Waals surface area contributed by atoms with E-state index in [0.29, 0.717) is 34.6 Å². The summed E-state index contributed by atoms with van der Waals surface area (Å²) in [4.78, 5) is 31.3. The average molecular weight is 422 g/mol. The van der Waals surface area contributed by atoms with Gasteiger partial charge in [0.15, 0.2) is 0 Å². The molecular formula is C22H22N4O5. The maximum absolute atomic E-state index is 12.8. The van der Waals surface area contributed by atoms with E-state index in [1.807, 2.05) is 24.3 Å². The summed E-state index contributed by atoms with van der Waals surface area (Å²) in [6, 6.07) is 12.4. The summed E-state index contributed by atoms with van der Waals surface area (Å²) in [6.07, 6.45) is 0.121. The number of nitrogens with one attached hydrogen (secondary N) is 1. The number of benzene rings is 2. The van der Waals surface area contributed by atoms with Crippen molar-refractivity contribution in [1.82, 2.24) is 10.1 Å². The van der Waals surface area contributed by atoms with Crippen LogP contribution in [0.1, 0.15) is 12.3 Å². The van der Waals surface area contributed by atoms with Gasteiger partial charge < -0.3 is 24.2 Å². The highest BCUT2D eigenvalue weighted by molar-refractivity contribution is 6.04. The Labute approximate surface area is 179 Å². The van der Waals surface area contributed by atoms with E-state index in [1.54, 1.807) is 37.1 Å². The van der Waals surface area contributed by atoms with Gasteiger partial charge in [0, 0.05) is 37.2 Å². The zero-order valence-electron chi connectivity index (χ0n) is 17.4. The lowest BCUT2D eigenvalue weighted by Crippen LogP contribution is -2.28. The fourth-order valence-corrected chi connectivity index (χ4v) is 3.50. The fourth-order valence-electron chi connectivity index (χ4n) is 3.50. The number of ether oxygens (including phenoxy) is 2. The summed E-state index contributed by atoms with van der Waals surface area (Å²) in [6.45, 7) is 1.99. The lowest BCUT2D eigenvalue weighted by molar-refractivity contribution is -0.122. The topological polar surface area (TPSA) is 107 Å². The van der Waals surface area contributed by atoms with Crippen molar-refractivity contribution in [2.75, 3.05) is 31.0 Å². The number of aromatic nitrogens is 2. The minimum Gasteiger partial charge on any atom is -0.497 e. The Morgan fingerprint density at radius 1 is 1.19 bits per heavy atom. The van der Waals surface area contributed by atoms with Gasteiger partial charge in [0.1, 0.15) is 11.5 Å². The van der Waals surface area contributed by atoms with Crippen molar-refractivity contribution in [3.63, 3.8) is 0 Å². The van der Waals surface area contributed by atoms with Gasteiger partial charge in [-0.2, -0.15) is 4.98 Å². The molecule has 160 valence electrons. The molecular weight excluding hydrogens is 400 g/mol. The monoisotopic (exact) mass is 422 g/mol. The van der Waals surface area contributed by atoms with E-state index in [2.05, 4.69) is 15.5 Å². The van der Waals surface area contributed by atoms with E-state index in [9.17, 15) is 9.59 Å². The van der Waals surface area contributed by atoms with E-state index < -0.39 is 5.92 Å². The van der Waals surface area contributed by atoms with Crippen molar-refractivity contribution >= 4 is 23.2 Å². The molecule has 0 unspecified atom stereocenters. The van der Waals surface area contributed by atoms with Gasteiger partial charge in [0.05, 0.1) is 25.8 Å². The van der Waals surface area contributed by atoms with Gasteiger partial charge in [-0.15, -0.1) is 0 Å². The zero-order valence-corrected chi connectivity index (χ0v) is 17.4. The Morgan fingerprint density at radius 3 is 2.74 bits per heavy atom. The molecule has 9 heteroatoms. The number of nitrogens with zero attached hydrogens (tertiary/aromatic N) is 3. The third-order valence-corrected chi connectivity index (χ3v) is 5.11. The maximum atomic E-state index is 12.8. The number of carbonyl (C=O) groups excluding carboxylic acids is 2. The molecule has 1 aliphatic rings. The number of methoxy groups -OCH3 is 2. The number of rotatable bonds is 6. The third kappa shape index (κ3) is 4.20. The standard InChI is InChI=1S/C22H22N4O5/c1-13-23-21(25-31-13)14-5-4-6-16(9-14)26-12-15(10-20(26)27)22(28)24-18-8-7-17(29-2)11-19(18)30-3/h4-9,11,15H,10,12H2,1-3H3,(H,24,28)/t15-/m1/s1. The molecule has 0 radical (unpaired) electrons. The normalized spacial score (nSPS) is 15.8. The van der Waals surface area contributed by atoms with Gasteiger partial charge >= 0.3 is 0 Å². The molecule has 0 saturated carbocycles. The SMILES string of the molecule is COc1ccc(NC(=O)[C@@H]2CC(=O)N(c3cccc(-c4noc(C)n4)c3)C2)c(OC)c1. The molecule has 1 aliphatic heterocycles. The molecule has 0 spiro atoms. The minimum atomic E-state index is -0.490. The smallest absolute Gasteiger partial charge is 0.229 e. The van der Waals surface area contributed by atoms with Crippen molar-refractivity contribution in [3.05, 3.63) is 48.4 Å². The highest BCUT2D eigenvalue weighted by Gasteiger charge is 2.35. The quantitative estimate of drug-likeness (QED) is 0.651. The molecule has 1 atom stereocenters. The molecule has 3 aromatic rings. The van der Waals surface area contributed by atoms with Gasteiger partial charge in [-0.25, -0.2) is 0 Å². The molecule has 2 aromatic carbocycles. The Balaban J connectivity index is 1.49.